The Kier molecular flexibility index (Phi) is 3.03. The molecule has 0 atom stereocenters. The Bertz CT molecular complexity index is 395. The average Bonchev–Trinajstić information content (AvgIpc) is 2.06. The number of Topliss-reactive ketones (excluding diaryl/α,β-unsaturated/α-hetero) is 1. The van der Waals surface area contributed by atoms with Gasteiger partial charge in [0.25, 0.3) is 0 Å². The number of carbonyl (C=O) groups is 1. The van der Waals surface area contributed by atoms with Crippen LogP contribution in [0, 0.1) is 13.8 Å². The van der Waals surface area contributed by atoms with Gasteiger partial charge in [0.2, 0.25) is 0 Å². The first-order valence-corrected chi connectivity index (χ1v) is 5.36. The van der Waals surface area contributed by atoms with Gasteiger partial charge >= 0.3 is 0 Å². The predicted octanol–water partition coefficient (Wildman–Crippen LogP) is 3.80. The molecule has 0 saturated heterocycles. The second-order valence-electron chi connectivity index (χ2n) is 5.29. The average molecular weight is 204 g/mol. The zero-order valence-corrected chi connectivity index (χ0v) is 10.6. The van der Waals surface area contributed by atoms with Crippen LogP contribution in [0.2, 0.25) is 0 Å². The van der Waals surface area contributed by atoms with E-state index in [-0.39, 0.29) is 11.2 Å². The van der Waals surface area contributed by atoms with Crippen molar-refractivity contribution in [3.05, 3.63) is 34.4 Å². The summed E-state index contributed by atoms with van der Waals surface area (Å²) >= 11 is 0. The van der Waals surface area contributed by atoms with E-state index in [0.717, 1.165) is 11.1 Å². The lowest BCUT2D eigenvalue weighted by atomic mass is 9.81. The number of aryl methyl sites for hydroxylation is 2. The van der Waals surface area contributed by atoms with Crippen molar-refractivity contribution >= 4 is 5.78 Å². The van der Waals surface area contributed by atoms with Gasteiger partial charge in [-0.1, -0.05) is 26.8 Å². The molecule has 0 bridgehead atoms. The predicted molar refractivity (Wildman–Crippen MR) is 64.6 cm³/mol. The molecule has 1 aromatic rings. The third kappa shape index (κ3) is 2.47. The van der Waals surface area contributed by atoms with Crippen molar-refractivity contribution in [2.24, 2.45) is 0 Å². The van der Waals surface area contributed by atoms with Gasteiger partial charge in [-0.3, -0.25) is 4.79 Å². The summed E-state index contributed by atoms with van der Waals surface area (Å²) in [7, 11) is 0. The Balaban J connectivity index is 3.49. The quantitative estimate of drug-likeness (QED) is 0.636. The van der Waals surface area contributed by atoms with Crippen LogP contribution in [0.1, 0.15) is 54.7 Å². The molecular formula is C14H20O. The topological polar surface area (TPSA) is 17.1 Å². The zero-order valence-electron chi connectivity index (χ0n) is 10.6. The Hall–Kier alpha value is -1.11. The molecule has 0 heterocycles. The summed E-state index contributed by atoms with van der Waals surface area (Å²) in [6.07, 6.45) is 0. The van der Waals surface area contributed by atoms with Crippen LogP contribution in [0.5, 0.6) is 0 Å². The summed E-state index contributed by atoms with van der Waals surface area (Å²) in [5, 5.41) is 0. The molecule has 15 heavy (non-hydrogen) atoms. The molecule has 0 unspecified atom stereocenters. The van der Waals surface area contributed by atoms with Crippen LogP contribution in [0.4, 0.5) is 0 Å². The third-order valence-corrected chi connectivity index (χ3v) is 2.82. The monoisotopic (exact) mass is 204 g/mol. The first-order chi connectivity index (χ1) is 6.73. The normalized spacial score (nSPS) is 11.6. The summed E-state index contributed by atoms with van der Waals surface area (Å²) in [6, 6.07) is 4.16. The van der Waals surface area contributed by atoms with Crippen LogP contribution in [0.25, 0.3) is 0 Å². The van der Waals surface area contributed by atoms with Crippen LogP contribution < -0.4 is 0 Å². The summed E-state index contributed by atoms with van der Waals surface area (Å²) in [5.41, 5.74) is 4.49. The van der Waals surface area contributed by atoms with Crippen molar-refractivity contribution in [2.75, 3.05) is 0 Å². The van der Waals surface area contributed by atoms with Gasteiger partial charge in [0, 0.05) is 5.56 Å². The fraction of sp³-hybridized carbons (Fsp3) is 0.500. The van der Waals surface area contributed by atoms with E-state index in [0.29, 0.717) is 0 Å². The van der Waals surface area contributed by atoms with Gasteiger partial charge in [0.05, 0.1) is 0 Å². The molecule has 0 amide bonds. The van der Waals surface area contributed by atoms with Crippen LogP contribution in [-0.2, 0) is 5.41 Å². The van der Waals surface area contributed by atoms with Crippen LogP contribution in [-0.4, -0.2) is 5.78 Å². The second kappa shape index (κ2) is 3.80. The smallest absolute Gasteiger partial charge is 0.160 e. The highest BCUT2D eigenvalue weighted by atomic mass is 16.1. The van der Waals surface area contributed by atoms with Crippen molar-refractivity contribution in [1.82, 2.24) is 0 Å². The Morgan fingerprint density at radius 2 is 1.53 bits per heavy atom. The van der Waals surface area contributed by atoms with Crippen molar-refractivity contribution < 1.29 is 4.79 Å². The molecule has 0 aliphatic rings. The van der Waals surface area contributed by atoms with Crippen molar-refractivity contribution in [3.8, 4) is 0 Å². The molecule has 1 rings (SSSR count). The maximum atomic E-state index is 11.6. The lowest BCUT2D eigenvalue weighted by molar-refractivity contribution is 0.101. The van der Waals surface area contributed by atoms with E-state index in [9.17, 15) is 4.79 Å². The largest absolute Gasteiger partial charge is 0.295 e. The molecule has 0 saturated carbocycles. The van der Waals surface area contributed by atoms with Gasteiger partial charge in [0.1, 0.15) is 0 Å². The van der Waals surface area contributed by atoms with Gasteiger partial charge in [-0.15, -0.1) is 0 Å². The van der Waals surface area contributed by atoms with E-state index in [1.165, 1.54) is 11.1 Å². The number of carbonyl (C=O) groups excluding carboxylic acids is 1. The third-order valence-electron chi connectivity index (χ3n) is 2.82. The molecule has 0 radical (unpaired) electrons. The summed E-state index contributed by atoms with van der Waals surface area (Å²) in [6.45, 7) is 12.2. The molecule has 1 heteroatoms. The molecule has 1 nitrogen and oxygen atoms in total. The molecule has 0 aliphatic heterocycles. The minimum absolute atomic E-state index is 0.0272. The van der Waals surface area contributed by atoms with Gasteiger partial charge < -0.3 is 0 Å². The number of hydrogen-bond donors (Lipinski definition) is 0. The maximum absolute atomic E-state index is 11.6. The van der Waals surface area contributed by atoms with Crippen molar-refractivity contribution in [2.45, 2.75) is 47.0 Å². The minimum Gasteiger partial charge on any atom is -0.295 e. The Morgan fingerprint density at radius 1 is 1.07 bits per heavy atom. The number of hydrogen-bond acceptors (Lipinski definition) is 1. The number of benzene rings is 1. The maximum Gasteiger partial charge on any atom is 0.160 e. The van der Waals surface area contributed by atoms with Crippen molar-refractivity contribution in [1.29, 1.82) is 0 Å². The number of ketones is 1. The van der Waals surface area contributed by atoms with Gasteiger partial charge in [0.15, 0.2) is 5.78 Å². The molecule has 0 fully saturated rings. The first-order valence-electron chi connectivity index (χ1n) is 5.36. The molecule has 0 spiro atoms. The van der Waals surface area contributed by atoms with E-state index < -0.39 is 0 Å². The summed E-state index contributed by atoms with van der Waals surface area (Å²) in [4.78, 5) is 11.6. The van der Waals surface area contributed by atoms with E-state index in [2.05, 4.69) is 33.8 Å². The Morgan fingerprint density at radius 3 is 1.93 bits per heavy atom. The van der Waals surface area contributed by atoms with Gasteiger partial charge in [-0.2, -0.15) is 0 Å². The Labute approximate surface area is 92.5 Å². The molecule has 0 aromatic heterocycles. The highest BCUT2D eigenvalue weighted by Crippen LogP contribution is 2.28. The minimum atomic E-state index is 0.0272. The van der Waals surface area contributed by atoms with Gasteiger partial charge in [-0.05, 0) is 48.9 Å². The lowest BCUT2D eigenvalue weighted by Gasteiger charge is -2.23. The van der Waals surface area contributed by atoms with Crippen LogP contribution in [0.3, 0.4) is 0 Å². The lowest BCUT2D eigenvalue weighted by Crippen LogP contribution is -2.16. The van der Waals surface area contributed by atoms with E-state index in [1.807, 2.05) is 13.0 Å². The van der Waals surface area contributed by atoms with E-state index in [4.69, 9.17) is 0 Å². The first kappa shape index (κ1) is 12.0. The standard InChI is InChI=1S/C14H20O/c1-9-7-12(11(3)15)13(8-10(9)2)14(4,5)6/h7-8H,1-6H3. The fourth-order valence-corrected chi connectivity index (χ4v) is 1.73. The van der Waals surface area contributed by atoms with E-state index in [1.54, 1.807) is 6.92 Å². The summed E-state index contributed by atoms with van der Waals surface area (Å²) < 4.78 is 0. The second-order valence-corrected chi connectivity index (χ2v) is 5.29. The van der Waals surface area contributed by atoms with Crippen LogP contribution >= 0.6 is 0 Å². The molecule has 82 valence electrons. The zero-order chi connectivity index (χ0) is 11.8. The highest BCUT2D eigenvalue weighted by molar-refractivity contribution is 5.96. The molecule has 0 N–H and O–H groups in total. The SMILES string of the molecule is CC(=O)c1cc(C)c(C)cc1C(C)(C)C. The summed E-state index contributed by atoms with van der Waals surface area (Å²) in [5.74, 6) is 0.156. The molecule has 0 aliphatic carbocycles. The molecule has 1 aromatic carbocycles. The highest BCUT2D eigenvalue weighted by Gasteiger charge is 2.20. The number of rotatable bonds is 1. The van der Waals surface area contributed by atoms with Gasteiger partial charge in [-0.25, -0.2) is 0 Å². The molecular weight excluding hydrogens is 184 g/mol. The fourth-order valence-electron chi connectivity index (χ4n) is 1.73. The van der Waals surface area contributed by atoms with E-state index >= 15 is 0 Å². The van der Waals surface area contributed by atoms with Crippen LogP contribution in [0.15, 0.2) is 12.1 Å². The van der Waals surface area contributed by atoms with Crippen molar-refractivity contribution in [3.63, 3.8) is 0 Å².